The first kappa shape index (κ1) is 19.7. The summed E-state index contributed by atoms with van der Waals surface area (Å²) in [4.78, 5) is 39.9. The molecule has 7 nitrogen and oxygen atoms in total. The fourth-order valence-corrected chi connectivity index (χ4v) is 3.38. The number of Topliss-reactive ketones (excluding diaryl/α,β-unsaturated/α-hetero) is 1. The van der Waals surface area contributed by atoms with Crippen molar-refractivity contribution in [1.29, 1.82) is 0 Å². The second kappa shape index (κ2) is 7.88. The summed E-state index contributed by atoms with van der Waals surface area (Å²) < 4.78 is 5.71. The average molecular weight is 383 g/mol. The maximum Gasteiger partial charge on any atom is 0.286 e. The molecule has 3 N–H and O–H groups in total. The molecule has 7 heteroatoms. The van der Waals surface area contributed by atoms with Gasteiger partial charge in [0.15, 0.2) is 11.9 Å². The Hall–Kier alpha value is -3.09. The Balaban J connectivity index is 1.62. The first-order chi connectivity index (χ1) is 13.3. The second-order valence-electron chi connectivity index (χ2n) is 7.16. The van der Waals surface area contributed by atoms with Crippen molar-refractivity contribution in [3.8, 4) is 5.75 Å². The van der Waals surface area contributed by atoms with Gasteiger partial charge in [-0.1, -0.05) is 12.1 Å². The molecule has 1 aromatic carbocycles. The number of carbonyl (C=O) groups excluding carboxylic acids is 3. The van der Waals surface area contributed by atoms with Gasteiger partial charge >= 0.3 is 0 Å². The van der Waals surface area contributed by atoms with Crippen molar-refractivity contribution in [2.24, 2.45) is 0 Å². The first-order valence-corrected chi connectivity index (χ1v) is 9.37. The van der Waals surface area contributed by atoms with Crippen LogP contribution in [0.25, 0.3) is 0 Å². The summed E-state index contributed by atoms with van der Waals surface area (Å²) in [7, 11) is 0. The minimum Gasteiger partial charge on any atom is -0.481 e. The van der Waals surface area contributed by atoms with E-state index in [4.69, 9.17) is 4.74 Å². The number of nitrogens with one attached hydrogen (secondary N) is 3. The molecule has 0 saturated carbocycles. The number of hydrogen-bond acceptors (Lipinski definition) is 4. The molecule has 148 valence electrons. The van der Waals surface area contributed by atoms with Crippen LogP contribution in [-0.2, 0) is 11.2 Å². The summed E-state index contributed by atoms with van der Waals surface area (Å²) in [6.45, 7) is 7.24. The number of fused-ring (bicyclic) bond motifs is 1. The SMILES string of the molecule is Cc1cccc(OC(C)C(=O)NNC(=O)c2[nH]c3c(c2C)C(=O)CCC3)c1C. The van der Waals surface area contributed by atoms with Crippen LogP contribution in [0.15, 0.2) is 18.2 Å². The number of hydrogen-bond donors (Lipinski definition) is 3. The molecule has 1 unspecified atom stereocenters. The molecule has 0 aliphatic heterocycles. The van der Waals surface area contributed by atoms with Crippen molar-refractivity contribution < 1.29 is 19.1 Å². The van der Waals surface area contributed by atoms with Gasteiger partial charge in [0.25, 0.3) is 11.8 Å². The molecule has 2 aromatic rings. The maximum atomic E-state index is 12.5. The minimum atomic E-state index is -0.791. The lowest BCUT2D eigenvalue weighted by atomic mass is 9.94. The van der Waals surface area contributed by atoms with Crippen LogP contribution in [0.4, 0.5) is 0 Å². The fourth-order valence-electron chi connectivity index (χ4n) is 3.38. The molecular formula is C21H25N3O4. The summed E-state index contributed by atoms with van der Waals surface area (Å²) in [6, 6.07) is 5.63. The second-order valence-corrected chi connectivity index (χ2v) is 7.16. The van der Waals surface area contributed by atoms with Gasteiger partial charge in [-0.15, -0.1) is 0 Å². The van der Waals surface area contributed by atoms with Gasteiger partial charge in [0.1, 0.15) is 11.4 Å². The monoisotopic (exact) mass is 383 g/mol. The summed E-state index contributed by atoms with van der Waals surface area (Å²) in [5.41, 5.74) is 9.12. The predicted octanol–water partition coefficient (Wildman–Crippen LogP) is 2.69. The third-order valence-corrected chi connectivity index (χ3v) is 5.19. The third kappa shape index (κ3) is 3.78. The van der Waals surface area contributed by atoms with Crippen LogP contribution in [0.5, 0.6) is 5.75 Å². The predicted molar refractivity (Wildman–Crippen MR) is 104 cm³/mol. The van der Waals surface area contributed by atoms with Crippen molar-refractivity contribution in [3.63, 3.8) is 0 Å². The van der Waals surface area contributed by atoms with E-state index in [1.54, 1.807) is 19.9 Å². The van der Waals surface area contributed by atoms with Crippen LogP contribution in [0.1, 0.15) is 63.0 Å². The zero-order valence-corrected chi connectivity index (χ0v) is 16.6. The molecule has 1 atom stereocenters. The molecule has 3 rings (SSSR count). The molecular weight excluding hydrogens is 358 g/mol. The van der Waals surface area contributed by atoms with Gasteiger partial charge in [0, 0.05) is 17.7 Å². The van der Waals surface area contributed by atoms with Crippen molar-refractivity contribution in [2.75, 3.05) is 0 Å². The van der Waals surface area contributed by atoms with E-state index in [9.17, 15) is 14.4 Å². The number of hydrazine groups is 1. The van der Waals surface area contributed by atoms with Gasteiger partial charge in [-0.05, 0) is 63.3 Å². The normalized spacial score (nSPS) is 14.2. The number of aromatic nitrogens is 1. The lowest BCUT2D eigenvalue weighted by Crippen LogP contribution is -2.47. The Labute approximate surface area is 163 Å². The molecule has 0 spiro atoms. The van der Waals surface area contributed by atoms with Gasteiger partial charge in [-0.2, -0.15) is 0 Å². The highest BCUT2D eigenvalue weighted by Gasteiger charge is 2.26. The summed E-state index contributed by atoms with van der Waals surface area (Å²) in [5, 5.41) is 0. The van der Waals surface area contributed by atoms with Crippen LogP contribution >= 0.6 is 0 Å². The molecule has 1 heterocycles. The van der Waals surface area contributed by atoms with Crippen LogP contribution in [-0.4, -0.2) is 28.7 Å². The number of rotatable bonds is 4. The Bertz CT molecular complexity index is 945. The first-order valence-electron chi connectivity index (χ1n) is 9.37. The molecule has 0 saturated heterocycles. The zero-order chi connectivity index (χ0) is 20.4. The Morgan fingerprint density at radius 2 is 1.86 bits per heavy atom. The number of carbonyl (C=O) groups is 3. The van der Waals surface area contributed by atoms with Crippen molar-refractivity contribution in [2.45, 2.75) is 53.1 Å². The standard InChI is InChI=1S/C21H25N3O4/c1-11-7-5-10-17(12(11)2)28-14(4)20(26)23-24-21(27)19-13(3)18-15(22-19)8-6-9-16(18)25/h5,7,10,14,22H,6,8-9H2,1-4H3,(H,23,26)(H,24,27). The third-order valence-electron chi connectivity index (χ3n) is 5.19. The topological polar surface area (TPSA) is 100 Å². The van der Waals surface area contributed by atoms with E-state index >= 15 is 0 Å². The van der Waals surface area contributed by atoms with E-state index in [1.807, 2.05) is 26.0 Å². The molecule has 0 radical (unpaired) electrons. The smallest absolute Gasteiger partial charge is 0.286 e. The lowest BCUT2D eigenvalue weighted by molar-refractivity contribution is -0.128. The molecule has 2 amide bonds. The van der Waals surface area contributed by atoms with Crippen molar-refractivity contribution >= 4 is 17.6 Å². The van der Waals surface area contributed by atoms with Gasteiger partial charge in [0.2, 0.25) is 0 Å². The number of benzene rings is 1. The van der Waals surface area contributed by atoms with Crippen molar-refractivity contribution in [1.82, 2.24) is 15.8 Å². The Morgan fingerprint density at radius 3 is 2.57 bits per heavy atom. The van der Waals surface area contributed by atoms with Gasteiger partial charge < -0.3 is 9.72 Å². The number of amides is 2. The minimum absolute atomic E-state index is 0.0497. The van der Waals surface area contributed by atoms with Gasteiger partial charge in [-0.3, -0.25) is 25.2 Å². The number of aromatic amines is 1. The number of aryl methyl sites for hydroxylation is 2. The number of ketones is 1. The van der Waals surface area contributed by atoms with Crippen LogP contribution in [0.3, 0.4) is 0 Å². The van der Waals surface area contributed by atoms with Crippen LogP contribution in [0.2, 0.25) is 0 Å². The molecule has 0 bridgehead atoms. The van der Waals surface area contributed by atoms with Gasteiger partial charge in [-0.25, -0.2) is 0 Å². The molecule has 0 fully saturated rings. The molecule has 28 heavy (non-hydrogen) atoms. The van der Waals surface area contributed by atoms with E-state index in [1.165, 1.54) is 0 Å². The van der Waals surface area contributed by atoms with E-state index in [2.05, 4.69) is 15.8 Å². The van der Waals surface area contributed by atoms with Crippen molar-refractivity contribution in [3.05, 3.63) is 51.8 Å². The summed E-state index contributed by atoms with van der Waals surface area (Å²) >= 11 is 0. The van der Waals surface area contributed by atoms with Crippen LogP contribution < -0.4 is 15.6 Å². The quantitative estimate of drug-likeness (QED) is 0.707. The fraction of sp³-hybridized carbons (Fsp3) is 0.381. The highest BCUT2D eigenvalue weighted by molar-refractivity contribution is 6.04. The lowest BCUT2D eigenvalue weighted by Gasteiger charge is -2.17. The van der Waals surface area contributed by atoms with Gasteiger partial charge in [0.05, 0.1) is 0 Å². The molecule has 1 aliphatic carbocycles. The van der Waals surface area contributed by atoms with E-state index in [0.29, 0.717) is 29.0 Å². The van der Waals surface area contributed by atoms with E-state index in [-0.39, 0.29) is 5.78 Å². The maximum absolute atomic E-state index is 12.5. The summed E-state index contributed by atoms with van der Waals surface area (Å²) in [5.74, 6) is -0.291. The van der Waals surface area contributed by atoms with E-state index < -0.39 is 17.9 Å². The zero-order valence-electron chi connectivity index (χ0n) is 16.6. The van der Waals surface area contributed by atoms with E-state index in [0.717, 1.165) is 29.7 Å². The average Bonchev–Trinajstić information content (AvgIpc) is 3.01. The largest absolute Gasteiger partial charge is 0.481 e. The number of H-pyrrole nitrogens is 1. The Kier molecular flexibility index (Phi) is 5.53. The van der Waals surface area contributed by atoms with Crippen LogP contribution in [0, 0.1) is 20.8 Å². The number of ether oxygens (including phenoxy) is 1. The highest BCUT2D eigenvalue weighted by atomic mass is 16.5. The highest BCUT2D eigenvalue weighted by Crippen LogP contribution is 2.26. The summed E-state index contributed by atoms with van der Waals surface area (Å²) in [6.07, 6.45) is 1.22. The Morgan fingerprint density at radius 1 is 1.11 bits per heavy atom. The molecule has 1 aliphatic rings. The molecule has 1 aromatic heterocycles.